The Morgan fingerprint density at radius 3 is 2.46 bits per heavy atom. The van der Waals surface area contributed by atoms with Crippen LogP contribution in [0.3, 0.4) is 0 Å². The van der Waals surface area contributed by atoms with E-state index in [1.165, 1.54) is 12.1 Å². The van der Waals surface area contributed by atoms with E-state index in [9.17, 15) is 14.0 Å². The van der Waals surface area contributed by atoms with Crippen molar-refractivity contribution in [3.8, 4) is 0 Å². The van der Waals surface area contributed by atoms with Crippen LogP contribution in [0, 0.1) is 5.82 Å². The first-order valence-electron chi connectivity index (χ1n) is 9.10. The number of hydrogen-bond acceptors (Lipinski definition) is 3. The molecule has 0 aromatic heterocycles. The van der Waals surface area contributed by atoms with Crippen molar-refractivity contribution in [2.45, 2.75) is 37.8 Å². The SMILES string of the molecule is CC(c1ccc(Br)cc1)N1CCC(CCC(N)=O)(c2ccc(F)cc2)OC1=O. The van der Waals surface area contributed by atoms with E-state index < -0.39 is 17.6 Å². The lowest BCUT2D eigenvalue weighted by Gasteiger charge is -2.43. The lowest BCUT2D eigenvalue weighted by molar-refractivity contribution is -0.121. The fraction of sp³-hybridized carbons (Fsp3) is 0.333. The Hall–Kier alpha value is -2.41. The van der Waals surface area contributed by atoms with Crippen LogP contribution in [0.1, 0.15) is 43.4 Å². The van der Waals surface area contributed by atoms with E-state index in [0.29, 0.717) is 18.5 Å². The van der Waals surface area contributed by atoms with Gasteiger partial charge in [-0.2, -0.15) is 0 Å². The van der Waals surface area contributed by atoms with Gasteiger partial charge in [0.1, 0.15) is 11.4 Å². The predicted molar refractivity (Wildman–Crippen MR) is 107 cm³/mol. The summed E-state index contributed by atoms with van der Waals surface area (Å²) in [6.45, 7) is 2.39. The molecule has 0 bridgehead atoms. The summed E-state index contributed by atoms with van der Waals surface area (Å²) in [7, 11) is 0. The van der Waals surface area contributed by atoms with Gasteiger partial charge in [-0.3, -0.25) is 4.79 Å². The van der Waals surface area contributed by atoms with Crippen LogP contribution in [-0.4, -0.2) is 23.4 Å². The summed E-state index contributed by atoms with van der Waals surface area (Å²) < 4.78 is 20.2. The number of nitrogens with zero attached hydrogens (tertiary/aromatic N) is 1. The van der Waals surface area contributed by atoms with Crippen molar-refractivity contribution in [1.82, 2.24) is 4.90 Å². The van der Waals surface area contributed by atoms with Crippen LogP contribution in [0.15, 0.2) is 53.0 Å². The summed E-state index contributed by atoms with van der Waals surface area (Å²) in [6, 6.07) is 13.4. The minimum atomic E-state index is -0.990. The molecule has 0 aliphatic carbocycles. The number of cyclic esters (lactones) is 1. The number of ether oxygens (including phenoxy) is 1. The lowest BCUT2D eigenvalue weighted by atomic mass is 9.84. The molecule has 2 aromatic rings. The first kappa shape index (κ1) is 20.3. The molecule has 0 saturated carbocycles. The van der Waals surface area contributed by atoms with Gasteiger partial charge in [-0.25, -0.2) is 9.18 Å². The number of carbonyl (C=O) groups is 2. The molecule has 2 amide bonds. The van der Waals surface area contributed by atoms with Gasteiger partial charge in [-0.15, -0.1) is 0 Å². The smallest absolute Gasteiger partial charge is 0.411 e. The Bertz CT molecular complexity index is 857. The number of hydrogen-bond donors (Lipinski definition) is 1. The van der Waals surface area contributed by atoms with Gasteiger partial charge in [-0.05, 0) is 42.3 Å². The summed E-state index contributed by atoms with van der Waals surface area (Å²) in [5.41, 5.74) is 5.98. The summed E-state index contributed by atoms with van der Waals surface area (Å²) in [4.78, 5) is 25.9. The van der Waals surface area contributed by atoms with Crippen molar-refractivity contribution in [3.63, 3.8) is 0 Å². The van der Waals surface area contributed by atoms with Crippen LogP contribution in [0.4, 0.5) is 9.18 Å². The van der Waals surface area contributed by atoms with Crippen molar-refractivity contribution in [1.29, 1.82) is 0 Å². The second kappa shape index (κ2) is 8.31. The molecule has 1 heterocycles. The van der Waals surface area contributed by atoms with Crippen LogP contribution >= 0.6 is 15.9 Å². The number of halogens is 2. The van der Waals surface area contributed by atoms with Crippen LogP contribution in [0.2, 0.25) is 0 Å². The number of nitrogens with two attached hydrogens (primary N) is 1. The molecule has 2 N–H and O–H groups in total. The molecule has 2 atom stereocenters. The maximum absolute atomic E-state index is 13.4. The lowest BCUT2D eigenvalue weighted by Crippen LogP contribution is -2.49. The standard InChI is InChI=1S/C21H22BrFN2O3/c1-14(15-2-6-17(22)7-3-15)25-13-12-21(28-20(25)27,11-10-19(24)26)16-4-8-18(23)9-5-16/h2-9,14H,10-13H2,1H3,(H2,24,26). The van der Waals surface area contributed by atoms with Gasteiger partial charge in [0.05, 0.1) is 6.04 Å². The molecule has 5 nitrogen and oxygen atoms in total. The Labute approximate surface area is 171 Å². The highest BCUT2D eigenvalue weighted by Gasteiger charge is 2.43. The van der Waals surface area contributed by atoms with Gasteiger partial charge >= 0.3 is 6.09 Å². The molecule has 148 valence electrons. The monoisotopic (exact) mass is 448 g/mol. The fourth-order valence-electron chi connectivity index (χ4n) is 3.54. The maximum Gasteiger partial charge on any atom is 0.411 e. The van der Waals surface area contributed by atoms with E-state index in [1.807, 2.05) is 31.2 Å². The van der Waals surface area contributed by atoms with E-state index in [4.69, 9.17) is 10.5 Å². The minimum Gasteiger partial charge on any atom is -0.438 e. The molecule has 2 aromatic carbocycles. The van der Waals surface area contributed by atoms with Crippen molar-refractivity contribution in [2.24, 2.45) is 5.73 Å². The number of primary amides is 1. The van der Waals surface area contributed by atoms with Gasteiger partial charge in [0, 0.05) is 30.3 Å². The van der Waals surface area contributed by atoms with Gasteiger partial charge in [0.2, 0.25) is 5.91 Å². The highest BCUT2D eigenvalue weighted by Crippen LogP contribution is 2.40. The van der Waals surface area contributed by atoms with Crippen molar-refractivity contribution >= 4 is 27.9 Å². The largest absolute Gasteiger partial charge is 0.438 e. The van der Waals surface area contributed by atoms with Crippen molar-refractivity contribution in [2.75, 3.05) is 6.54 Å². The molecule has 3 rings (SSSR count). The number of benzene rings is 2. The van der Waals surface area contributed by atoms with Gasteiger partial charge in [0.25, 0.3) is 0 Å². The minimum absolute atomic E-state index is 0.0763. The highest BCUT2D eigenvalue weighted by atomic mass is 79.9. The van der Waals surface area contributed by atoms with E-state index >= 15 is 0 Å². The normalized spacial score (nSPS) is 20.5. The zero-order valence-corrected chi connectivity index (χ0v) is 17.1. The second-order valence-corrected chi connectivity index (χ2v) is 7.92. The number of carbonyl (C=O) groups excluding carboxylic acids is 2. The molecule has 7 heteroatoms. The Balaban J connectivity index is 1.83. The van der Waals surface area contributed by atoms with Crippen molar-refractivity contribution in [3.05, 3.63) is 69.9 Å². The van der Waals surface area contributed by atoms with Gasteiger partial charge < -0.3 is 15.4 Å². The van der Waals surface area contributed by atoms with Crippen LogP contribution in [0.25, 0.3) is 0 Å². The molecular formula is C21H22BrFN2O3. The third-order valence-electron chi connectivity index (χ3n) is 5.24. The molecule has 2 unspecified atom stereocenters. The topological polar surface area (TPSA) is 72.6 Å². The Morgan fingerprint density at radius 1 is 1.25 bits per heavy atom. The molecule has 0 spiro atoms. The molecule has 28 heavy (non-hydrogen) atoms. The molecule has 1 aliphatic rings. The van der Waals surface area contributed by atoms with Gasteiger partial charge in [0.15, 0.2) is 0 Å². The Kier molecular flexibility index (Phi) is 6.03. The van der Waals surface area contributed by atoms with Crippen LogP contribution in [0.5, 0.6) is 0 Å². The molecule has 1 fully saturated rings. The summed E-state index contributed by atoms with van der Waals surface area (Å²) in [6.07, 6.45) is 0.363. The first-order valence-corrected chi connectivity index (χ1v) is 9.89. The first-order chi connectivity index (χ1) is 13.3. The predicted octanol–water partition coefficient (Wildman–Crippen LogP) is 4.65. The summed E-state index contributed by atoms with van der Waals surface area (Å²) in [5.74, 6) is -0.843. The third kappa shape index (κ3) is 4.35. The molecular weight excluding hydrogens is 427 g/mol. The van der Waals surface area contributed by atoms with Gasteiger partial charge in [-0.1, -0.05) is 40.2 Å². The van der Waals surface area contributed by atoms with E-state index in [2.05, 4.69) is 15.9 Å². The third-order valence-corrected chi connectivity index (χ3v) is 5.77. The molecule has 1 saturated heterocycles. The zero-order valence-electron chi connectivity index (χ0n) is 15.5. The fourth-order valence-corrected chi connectivity index (χ4v) is 3.81. The maximum atomic E-state index is 13.4. The van der Waals surface area contributed by atoms with E-state index in [0.717, 1.165) is 10.0 Å². The summed E-state index contributed by atoms with van der Waals surface area (Å²) >= 11 is 3.41. The van der Waals surface area contributed by atoms with Crippen molar-refractivity contribution < 1.29 is 18.7 Å². The molecule has 1 aliphatic heterocycles. The molecule has 0 radical (unpaired) electrons. The van der Waals surface area contributed by atoms with E-state index in [1.54, 1.807) is 17.0 Å². The quantitative estimate of drug-likeness (QED) is 0.698. The number of rotatable bonds is 6. The average Bonchev–Trinajstić information content (AvgIpc) is 2.67. The number of amides is 2. The van der Waals surface area contributed by atoms with Crippen LogP contribution in [-0.2, 0) is 15.1 Å². The Morgan fingerprint density at radius 2 is 1.89 bits per heavy atom. The van der Waals surface area contributed by atoms with Crippen LogP contribution < -0.4 is 5.73 Å². The highest BCUT2D eigenvalue weighted by molar-refractivity contribution is 9.10. The average molecular weight is 449 g/mol. The second-order valence-electron chi connectivity index (χ2n) is 7.01. The summed E-state index contributed by atoms with van der Waals surface area (Å²) in [5, 5.41) is 0. The zero-order chi connectivity index (χ0) is 20.3. The van der Waals surface area contributed by atoms with E-state index in [-0.39, 0.29) is 24.7 Å².